The second-order valence-electron chi connectivity index (χ2n) is 8.25. The molecule has 0 spiro atoms. The fraction of sp³-hybridized carbons (Fsp3) is 0.700. The first-order valence-electron chi connectivity index (χ1n) is 8.92. The lowest BCUT2D eigenvalue weighted by Crippen LogP contribution is -2.53. The first-order valence-corrected chi connectivity index (χ1v) is 8.92. The Labute approximate surface area is 129 Å². The molecular formula is C20H29N. The largest absolute Gasteiger partial charge is 0.317 e. The van der Waals surface area contributed by atoms with Gasteiger partial charge in [-0.1, -0.05) is 30.3 Å². The smallest absolute Gasteiger partial charge is 0.00412 e. The van der Waals surface area contributed by atoms with Gasteiger partial charge in [0.2, 0.25) is 0 Å². The molecule has 0 radical (unpaired) electrons. The number of hydrogen-bond donors (Lipinski definition) is 1. The molecule has 4 aliphatic rings. The summed E-state index contributed by atoms with van der Waals surface area (Å²) in [5.74, 6) is 3.85. The van der Waals surface area contributed by atoms with Gasteiger partial charge in [0.15, 0.2) is 0 Å². The fourth-order valence-electron chi connectivity index (χ4n) is 6.50. The minimum atomic E-state index is 0.582. The predicted molar refractivity (Wildman–Crippen MR) is 88.3 cm³/mol. The van der Waals surface area contributed by atoms with Crippen molar-refractivity contribution in [2.24, 2.45) is 23.2 Å². The van der Waals surface area contributed by atoms with E-state index in [2.05, 4.69) is 49.6 Å². The van der Waals surface area contributed by atoms with Crippen LogP contribution in [0.15, 0.2) is 30.3 Å². The summed E-state index contributed by atoms with van der Waals surface area (Å²) in [5, 5.41) is 3.51. The Morgan fingerprint density at radius 3 is 2.38 bits per heavy atom. The van der Waals surface area contributed by atoms with E-state index in [0.717, 1.165) is 23.7 Å². The van der Waals surface area contributed by atoms with Crippen molar-refractivity contribution < 1.29 is 0 Å². The van der Waals surface area contributed by atoms with Crippen molar-refractivity contribution in [3.8, 4) is 0 Å². The highest BCUT2D eigenvalue weighted by molar-refractivity contribution is 5.27. The highest BCUT2D eigenvalue weighted by Crippen LogP contribution is 2.67. The third-order valence-corrected chi connectivity index (χ3v) is 6.82. The van der Waals surface area contributed by atoms with E-state index in [0.29, 0.717) is 11.5 Å². The Bertz CT molecular complexity index is 480. The average molecular weight is 283 g/mol. The molecule has 0 saturated heterocycles. The van der Waals surface area contributed by atoms with Crippen LogP contribution in [0, 0.1) is 23.2 Å². The van der Waals surface area contributed by atoms with Crippen LogP contribution < -0.4 is 5.32 Å². The van der Waals surface area contributed by atoms with Gasteiger partial charge in [0.05, 0.1) is 0 Å². The molecule has 4 bridgehead atoms. The summed E-state index contributed by atoms with van der Waals surface area (Å²) < 4.78 is 0. The Morgan fingerprint density at radius 1 is 1.10 bits per heavy atom. The van der Waals surface area contributed by atoms with Gasteiger partial charge in [0.1, 0.15) is 0 Å². The summed E-state index contributed by atoms with van der Waals surface area (Å²) in [6, 6.07) is 12.1. The topological polar surface area (TPSA) is 12.0 Å². The molecule has 114 valence electrons. The second kappa shape index (κ2) is 5.12. The van der Waals surface area contributed by atoms with E-state index in [9.17, 15) is 0 Å². The summed E-state index contributed by atoms with van der Waals surface area (Å²) in [7, 11) is 2.13. The van der Waals surface area contributed by atoms with E-state index in [1.54, 1.807) is 5.56 Å². The lowest BCUT2D eigenvalue weighted by molar-refractivity contribution is -0.0835. The minimum Gasteiger partial charge on any atom is -0.317 e. The normalized spacial score (nSPS) is 42.2. The number of hydrogen-bond acceptors (Lipinski definition) is 1. The zero-order chi connectivity index (χ0) is 14.4. The highest BCUT2D eigenvalue weighted by Gasteiger charge is 2.57. The first kappa shape index (κ1) is 13.8. The molecule has 4 fully saturated rings. The van der Waals surface area contributed by atoms with E-state index in [1.807, 2.05) is 0 Å². The molecule has 4 aliphatic carbocycles. The van der Waals surface area contributed by atoms with Gasteiger partial charge in [-0.15, -0.1) is 0 Å². The number of benzene rings is 1. The maximum Gasteiger partial charge on any atom is 0.00412 e. The van der Waals surface area contributed by atoms with Crippen LogP contribution in [0.1, 0.15) is 56.9 Å². The van der Waals surface area contributed by atoms with E-state index in [4.69, 9.17) is 0 Å². The summed E-state index contributed by atoms with van der Waals surface area (Å²) in [6.07, 6.45) is 8.90. The van der Waals surface area contributed by atoms with Crippen molar-refractivity contribution in [1.82, 2.24) is 5.32 Å². The van der Waals surface area contributed by atoms with Crippen LogP contribution in [0.4, 0.5) is 0 Å². The molecular weight excluding hydrogens is 254 g/mol. The third kappa shape index (κ3) is 2.25. The molecule has 0 aromatic heterocycles. The summed E-state index contributed by atoms with van der Waals surface area (Å²) in [6.45, 7) is 2.38. The Balaban J connectivity index is 1.72. The van der Waals surface area contributed by atoms with Crippen molar-refractivity contribution in [2.75, 3.05) is 7.05 Å². The van der Waals surface area contributed by atoms with Gasteiger partial charge in [-0.2, -0.15) is 0 Å². The van der Waals surface area contributed by atoms with Crippen LogP contribution in [0.3, 0.4) is 0 Å². The lowest BCUT2D eigenvalue weighted by atomic mass is 9.43. The summed E-state index contributed by atoms with van der Waals surface area (Å²) in [4.78, 5) is 0. The fourth-order valence-corrected chi connectivity index (χ4v) is 6.50. The van der Waals surface area contributed by atoms with Crippen molar-refractivity contribution in [2.45, 2.75) is 57.4 Å². The van der Waals surface area contributed by atoms with Crippen molar-refractivity contribution >= 4 is 0 Å². The van der Waals surface area contributed by atoms with Gasteiger partial charge in [-0.05, 0) is 87.1 Å². The standard InChI is InChI=1S/C20H29N/c1-14(21-2)11-20-12-15-8-16(13-20)10-18(9-15)19(20)17-6-4-3-5-7-17/h3-7,14-16,18-19,21H,8-13H2,1-2H3/t14-,15-,16-,18?,19+,20?/m0/s1. The van der Waals surface area contributed by atoms with Crippen LogP contribution in [0.25, 0.3) is 0 Å². The van der Waals surface area contributed by atoms with Gasteiger partial charge < -0.3 is 5.32 Å². The maximum atomic E-state index is 3.51. The van der Waals surface area contributed by atoms with E-state index in [1.165, 1.54) is 38.5 Å². The molecule has 1 N–H and O–H groups in total. The van der Waals surface area contributed by atoms with Crippen molar-refractivity contribution in [3.05, 3.63) is 35.9 Å². The predicted octanol–water partition coefficient (Wildman–Crippen LogP) is 4.59. The minimum absolute atomic E-state index is 0.582. The second-order valence-corrected chi connectivity index (χ2v) is 8.25. The van der Waals surface area contributed by atoms with Crippen LogP contribution in [0.5, 0.6) is 0 Å². The first-order chi connectivity index (χ1) is 10.2. The third-order valence-electron chi connectivity index (χ3n) is 6.82. The van der Waals surface area contributed by atoms with Crippen LogP contribution in [-0.2, 0) is 0 Å². The molecule has 4 saturated carbocycles. The molecule has 0 unspecified atom stereocenters. The molecule has 0 heterocycles. The van der Waals surface area contributed by atoms with E-state index < -0.39 is 0 Å². The van der Waals surface area contributed by atoms with E-state index in [-0.39, 0.29) is 0 Å². The van der Waals surface area contributed by atoms with Crippen LogP contribution in [0.2, 0.25) is 0 Å². The Kier molecular flexibility index (Phi) is 3.37. The van der Waals surface area contributed by atoms with Gasteiger partial charge in [-0.3, -0.25) is 0 Å². The van der Waals surface area contributed by atoms with Gasteiger partial charge >= 0.3 is 0 Å². The monoisotopic (exact) mass is 283 g/mol. The SMILES string of the molecule is CN[C@@H](C)CC12C[C@@H]3CC(C[C@H](C3)C1)[C@H]2c1ccccc1. The molecule has 1 heteroatoms. The quantitative estimate of drug-likeness (QED) is 0.852. The van der Waals surface area contributed by atoms with Gasteiger partial charge in [0.25, 0.3) is 0 Å². The summed E-state index contributed by atoms with van der Waals surface area (Å²) >= 11 is 0. The molecule has 1 aromatic carbocycles. The average Bonchev–Trinajstić information content (AvgIpc) is 2.46. The van der Waals surface area contributed by atoms with Crippen molar-refractivity contribution in [1.29, 1.82) is 0 Å². The van der Waals surface area contributed by atoms with Crippen molar-refractivity contribution in [3.63, 3.8) is 0 Å². The Hall–Kier alpha value is -0.820. The molecule has 0 aliphatic heterocycles. The Morgan fingerprint density at radius 2 is 1.76 bits per heavy atom. The zero-order valence-corrected chi connectivity index (χ0v) is 13.5. The number of rotatable bonds is 4. The molecule has 1 aromatic rings. The summed E-state index contributed by atoms with van der Waals surface area (Å²) in [5.41, 5.74) is 2.21. The number of nitrogens with one attached hydrogen (secondary N) is 1. The van der Waals surface area contributed by atoms with E-state index >= 15 is 0 Å². The van der Waals surface area contributed by atoms with Gasteiger partial charge in [-0.25, -0.2) is 0 Å². The molecule has 4 atom stereocenters. The molecule has 0 amide bonds. The molecule has 1 nitrogen and oxygen atoms in total. The van der Waals surface area contributed by atoms with Gasteiger partial charge in [0, 0.05) is 6.04 Å². The highest BCUT2D eigenvalue weighted by atomic mass is 14.9. The molecule has 5 rings (SSSR count). The van der Waals surface area contributed by atoms with Crippen LogP contribution >= 0.6 is 0 Å². The van der Waals surface area contributed by atoms with Crippen LogP contribution in [-0.4, -0.2) is 13.1 Å². The molecule has 21 heavy (non-hydrogen) atoms. The maximum absolute atomic E-state index is 3.51. The lowest BCUT2D eigenvalue weighted by Gasteiger charge is -2.62. The zero-order valence-electron chi connectivity index (χ0n) is 13.5.